The summed E-state index contributed by atoms with van der Waals surface area (Å²) in [7, 11) is -3.18. The minimum absolute atomic E-state index is 0.167. The lowest BCUT2D eigenvalue weighted by Gasteiger charge is -2.16. The van der Waals surface area contributed by atoms with E-state index < -0.39 is 21.1 Å². The Kier molecular flexibility index (Phi) is 3.00. The van der Waals surface area contributed by atoms with Gasteiger partial charge in [0.2, 0.25) is 10.0 Å². The molecule has 1 heterocycles. The molecule has 0 saturated carbocycles. The number of hydrogen-bond acceptors (Lipinski definition) is 3. The fourth-order valence-electron chi connectivity index (χ4n) is 1.66. The summed E-state index contributed by atoms with van der Waals surface area (Å²) < 4.78 is 44.1. The Labute approximate surface area is 96.4 Å². The van der Waals surface area contributed by atoms with Crippen molar-refractivity contribution in [3.8, 4) is 0 Å². The third kappa shape index (κ3) is 2.11. The minimum atomic E-state index is -3.18. The summed E-state index contributed by atoms with van der Waals surface area (Å²) in [6.45, 7) is 0.476. The van der Waals surface area contributed by atoms with Gasteiger partial charge in [-0.05, 0) is 30.7 Å². The summed E-state index contributed by atoms with van der Waals surface area (Å²) in [5.41, 5.74) is 0.548. The largest absolute Gasteiger partial charge is 0.302 e. The molecule has 0 aliphatic carbocycles. The van der Waals surface area contributed by atoms with Crippen molar-refractivity contribution < 1.29 is 17.2 Å². The van der Waals surface area contributed by atoms with Crippen LogP contribution in [-0.4, -0.2) is 29.5 Å². The van der Waals surface area contributed by atoms with Crippen LogP contribution < -0.4 is 4.31 Å². The van der Waals surface area contributed by atoms with E-state index in [4.69, 9.17) is 4.55 Å². The molecule has 0 amide bonds. The van der Waals surface area contributed by atoms with Gasteiger partial charge in [-0.15, -0.1) is 0 Å². The molecule has 1 aromatic carbocycles. The maximum atomic E-state index is 11.6. The highest BCUT2D eigenvalue weighted by Crippen LogP contribution is 2.24. The van der Waals surface area contributed by atoms with E-state index in [2.05, 4.69) is 0 Å². The van der Waals surface area contributed by atoms with Crippen molar-refractivity contribution in [2.45, 2.75) is 11.3 Å². The average molecular weight is 261 g/mol. The van der Waals surface area contributed by atoms with Crippen molar-refractivity contribution in [2.75, 3.05) is 16.6 Å². The smallest absolute Gasteiger partial charge is 0.235 e. The van der Waals surface area contributed by atoms with Crippen LogP contribution >= 0.6 is 0 Å². The zero-order chi connectivity index (χ0) is 11.8. The molecule has 1 aliphatic rings. The van der Waals surface area contributed by atoms with Gasteiger partial charge in [0.25, 0.3) is 0 Å². The second kappa shape index (κ2) is 4.15. The molecular weight excluding hydrogens is 250 g/mol. The first-order valence-electron chi connectivity index (χ1n) is 4.72. The van der Waals surface area contributed by atoms with Crippen LogP contribution in [-0.2, 0) is 21.1 Å². The number of benzene rings is 1. The molecule has 7 heteroatoms. The van der Waals surface area contributed by atoms with Gasteiger partial charge in [-0.25, -0.2) is 12.6 Å². The average Bonchev–Trinajstić information content (AvgIpc) is 2.58. The Bertz CT molecular complexity index is 509. The van der Waals surface area contributed by atoms with Crippen LogP contribution in [0.25, 0.3) is 0 Å². The van der Waals surface area contributed by atoms with E-state index in [1.54, 1.807) is 12.1 Å². The van der Waals surface area contributed by atoms with Gasteiger partial charge in [-0.1, -0.05) is 0 Å². The highest BCUT2D eigenvalue weighted by molar-refractivity contribution is 7.93. The minimum Gasteiger partial charge on any atom is -0.302 e. The molecule has 1 unspecified atom stereocenters. The molecule has 1 fully saturated rings. The molecule has 1 aromatic rings. The topological polar surface area (TPSA) is 74.7 Å². The molecule has 2 rings (SSSR count). The zero-order valence-corrected chi connectivity index (χ0v) is 10.00. The molecular formula is C9H11NO4S2. The van der Waals surface area contributed by atoms with Crippen molar-refractivity contribution in [1.82, 2.24) is 0 Å². The fourth-order valence-corrected chi connectivity index (χ4v) is 3.59. The van der Waals surface area contributed by atoms with Crippen molar-refractivity contribution >= 4 is 26.8 Å². The molecule has 1 aliphatic heterocycles. The Morgan fingerprint density at radius 1 is 1.25 bits per heavy atom. The van der Waals surface area contributed by atoms with Gasteiger partial charge in [0.15, 0.2) is 11.1 Å². The summed E-state index contributed by atoms with van der Waals surface area (Å²) in [5.74, 6) is 0.167. The lowest BCUT2D eigenvalue weighted by molar-refractivity contribution is 0.564. The van der Waals surface area contributed by atoms with E-state index >= 15 is 0 Å². The van der Waals surface area contributed by atoms with Gasteiger partial charge in [-0.2, -0.15) is 0 Å². The molecule has 5 nitrogen and oxygen atoms in total. The van der Waals surface area contributed by atoms with Gasteiger partial charge < -0.3 is 4.55 Å². The molecule has 16 heavy (non-hydrogen) atoms. The second-order valence-corrected chi connectivity index (χ2v) is 6.47. The van der Waals surface area contributed by atoms with Gasteiger partial charge >= 0.3 is 0 Å². The van der Waals surface area contributed by atoms with Crippen LogP contribution in [0.3, 0.4) is 0 Å². The maximum Gasteiger partial charge on any atom is 0.235 e. The summed E-state index contributed by atoms with van der Waals surface area (Å²) in [6, 6.07) is 6.01. The van der Waals surface area contributed by atoms with Crippen LogP contribution in [0, 0.1) is 0 Å². The number of sulfonamides is 1. The van der Waals surface area contributed by atoms with E-state index in [9.17, 15) is 12.6 Å². The summed E-state index contributed by atoms with van der Waals surface area (Å²) >= 11 is -2.03. The zero-order valence-electron chi connectivity index (χ0n) is 8.37. The second-order valence-electron chi connectivity index (χ2n) is 3.48. The Morgan fingerprint density at radius 3 is 2.31 bits per heavy atom. The fraction of sp³-hybridized carbons (Fsp3) is 0.333. The third-order valence-corrected chi connectivity index (χ3v) is 4.97. The Hall–Kier alpha value is -0.920. The van der Waals surface area contributed by atoms with E-state index in [1.807, 2.05) is 0 Å². The van der Waals surface area contributed by atoms with E-state index in [0.717, 1.165) is 0 Å². The van der Waals surface area contributed by atoms with Crippen molar-refractivity contribution in [2.24, 2.45) is 0 Å². The molecule has 0 spiro atoms. The summed E-state index contributed by atoms with van der Waals surface area (Å²) in [6.07, 6.45) is 0.621. The van der Waals surface area contributed by atoms with E-state index in [-0.39, 0.29) is 10.6 Å². The number of rotatable bonds is 2. The number of nitrogens with zero attached hydrogens (tertiary/aromatic N) is 1. The molecule has 1 atom stereocenters. The van der Waals surface area contributed by atoms with Crippen molar-refractivity contribution in [3.05, 3.63) is 24.3 Å². The Morgan fingerprint density at radius 2 is 1.88 bits per heavy atom. The van der Waals surface area contributed by atoms with E-state index in [1.165, 1.54) is 16.4 Å². The number of hydrogen-bond donors (Lipinski definition) is 1. The highest BCUT2D eigenvalue weighted by atomic mass is 32.2. The molecule has 0 bridgehead atoms. The van der Waals surface area contributed by atoms with Crippen LogP contribution in [0.15, 0.2) is 29.2 Å². The van der Waals surface area contributed by atoms with Crippen molar-refractivity contribution in [3.63, 3.8) is 0 Å². The summed E-state index contributed by atoms with van der Waals surface area (Å²) in [4.78, 5) is 0.264. The SMILES string of the molecule is O=S(O)c1ccc(N2CCCS2(=O)=O)cc1. The van der Waals surface area contributed by atoms with Gasteiger partial charge in [0.05, 0.1) is 16.3 Å². The third-order valence-electron chi connectivity index (χ3n) is 2.43. The molecule has 1 N–H and O–H groups in total. The molecule has 0 radical (unpaired) electrons. The quantitative estimate of drug-likeness (QED) is 0.799. The predicted molar refractivity (Wildman–Crippen MR) is 61.2 cm³/mol. The normalized spacial score (nSPS) is 20.9. The standard InChI is InChI=1S/C9H11NO4S2/c11-15(12)9-4-2-8(3-5-9)10-6-1-7-16(10,13)14/h2-5H,1,6-7H2,(H,11,12). The van der Waals surface area contributed by atoms with Gasteiger partial charge in [0, 0.05) is 6.54 Å². The lowest BCUT2D eigenvalue weighted by Crippen LogP contribution is -2.24. The van der Waals surface area contributed by atoms with Crippen molar-refractivity contribution in [1.29, 1.82) is 0 Å². The molecule has 0 aromatic heterocycles. The monoisotopic (exact) mass is 261 g/mol. The molecule has 88 valence electrons. The predicted octanol–water partition coefficient (Wildman–Crippen LogP) is 0.807. The van der Waals surface area contributed by atoms with Gasteiger partial charge in [0.1, 0.15) is 0 Å². The number of anilines is 1. The highest BCUT2D eigenvalue weighted by Gasteiger charge is 2.28. The van der Waals surface area contributed by atoms with Crippen LogP contribution in [0.2, 0.25) is 0 Å². The lowest BCUT2D eigenvalue weighted by atomic mass is 10.3. The van der Waals surface area contributed by atoms with Crippen LogP contribution in [0.5, 0.6) is 0 Å². The summed E-state index contributed by atoms with van der Waals surface area (Å²) in [5, 5.41) is 0. The maximum absolute atomic E-state index is 11.6. The first-order chi connectivity index (χ1) is 7.50. The Balaban J connectivity index is 2.32. The molecule has 1 saturated heterocycles. The first kappa shape index (κ1) is 11.6. The van der Waals surface area contributed by atoms with Gasteiger partial charge in [-0.3, -0.25) is 4.31 Å². The van der Waals surface area contributed by atoms with E-state index in [0.29, 0.717) is 18.7 Å². The first-order valence-corrected chi connectivity index (χ1v) is 7.44. The van der Waals surface area contributed by atoms with Crippen LogP contribution in [0.1, 0.15) is 6.42 Å². The van der Waals surface area contributed by atoms with Crippen LogP contribution in [0.4, 0.5) is 5.69 Å².